The van der Waals surface area contributed by atoms with E-state index in [0.29, 0.717) is 13.0 Å². The molecule has 1 amide bonds. The number of para-hydroxylation sites is 1. The van der Waals surface area contributed by atoms with E-state index in [2.05, 4.69) is 5.32 Å². The van der Waals surface area contributed by atoms with Crippen molar-refractivity contribution in [2.24, 2.45) is 5.73 Å². The van der Waals surface area contributed by atoms with Crippen molar-refractivity contribution in [1.82, 2.24) is 5.32 Å². The third-order valence-corrected chi connectivity index (χ3v) is 3.28. The molecule has 0 saturated carbocycles. The zero-order valence-electron chi connectivity index (χ0n) is 12.1. The molecule has 0 radical (unpaired) electrons. The number of hydrogen-bond acceptors (Lipinski definition) is 3. The second kappa shape index (κ2) is 7.45. The molecule has 2 rings (SSSR count). The Hall–Kier alpha value is -2.33. The molecule has 2 aromatic carbocycles. The summed E-state index contributed by atoms with van der Waals surface area (Å²) < 4.78 is 5.25. The predicted octanol–water partition coefficient (Wildman–Crippen LogP) is 1.88. The number of rotatable bonds is 6. The first-order chi connectivity index (χ1) is 10.2. The maximum absolute atomic E-state index is 12.0. The highest BCUT2D eigenvalue weighted by atomic mass is 16.5. The zero-order valence-corrected chi connectivity index (χ0v) is 12.1. The van der Waals surface area contributed by atoms with Crippen molar-refractivity contribution in [1.29, 1.82) is 0 Å². The molecule has 21 heavy (non-hydrogen) atoms. The summed E-state index contributed by atoms with van der Waals surface area (Å²) in [6.07, 6.45) is 0.526. The lowest BCUT2D eigenvalue weighted by Crippen LogP contribution is -2.41. The molecule has 0 aliphatic heterocycles. The van der Waals surface area contributed by atoms with E-state index in [4.69, 9.17) is 10.5 Å². The molecule has 0 aliphatic rings. The lowest BCUT2D eigenvalue weighted by molar-refractivity contribution is -0.122. The Labute approximate surface area is 124 Å². The molecule has 4 nitrogen and oxygen atoms in total. The summed E-state index contributed by atoms with van der Waals surface area (Å²) in [5.41, 5.74) is 7.92. The number of ether oxygens (including phenoxy) is 1. The number of nitrogens with one attached hydrogen (secondary N) is 1. The van der Waals surface area contributed by atoms with Crippen molar-refractivity contribution in [2.75, 3.05) is 7.11 Å². The molecule has 110 valence electrons. The van der Waals surface area contributed by atoms with Gasteiger partial charge in [-0.1, -0.05) is 48.5 Å². The number of amides is 1. The van der Waals surface area contributed by atoms with E-state index < -0.39 is 6.04 Å². The number of carbonyl (C=O) groups is 1. The second-order valence-corrected chi connectivity index (χ2v) is 4.83. The molecule has 1 atom stereocenters. The van der Waals surface area contributed by atoms with Crippen LogP contribution in [0.2, 0.25) is 0 Å². The van der Waals surface area contributed by atoms with Crippen LogP contribution in [0.25, 0.3) is 0 Å². The van der Waals surface area contributed by atoms with Gasteiger partial charge in [0.05, 0.1) is 13.2 Å². The molecule has 2 aromatic rings. The van der Waals surface area contributed by atoms with Crippen LogP contribution in [0, 0.1) is 0 Å². The van der Waals surface area contributed by atoms with Crippen LogP contribution in [-0.4, -0.2) is 19.1 Å². The largest absolute Gasteiger partial charge is 0.496 e. The summed E-state index contributed by atoms with van der Waals surface area (Å²) in [4.78, 5) is 12.0. The van der Waals surface area contributed by atoms with E-state index in [-0.39, 0.29) is 5.91 Å². The summed E-state index contributed by atoms with van der Waals surface area (Å²) in [5.74, 6) is 0.596. The molecule has 0 aliphatic carbocycles. The first-order valence-electron chi connectivity index (χ1n) is 6.90. The second-order valence-electron chi connectivity index (χ2n) is 4.83. The Morgan fingerprint density at radius 1 is 1.14 bits per heavy atom. The van der Waals surface area contributed by atoms with Gasteiger partial charge < -0.3 is 15.8 Å². The number of carbonyl (C=O) groups excluding carboxylic acids is 1. The Kier molecular flexibility index (Phi) is 5.35. The maximum atomic E-state index is 12.0. The Morgan fingerprint density at radius 3 is 2.52 bits per heavy atom. The van der Waals surface area contributed by atoms with Gasteiger partial charge in [0.15, 0.2) is 0 Å². The van der Waals surface area contributed by atoms with E-state index in [1.807, 2.05) is 54.6 Å². The van der Waals surface area contributed by atoms with Crippen molar-refractivity contribution >= 4 is 5.91 Å². The van der Waals surface area contributed by atoms with Gasteiger partial charge in [0, 0.05) is 12.1 Å². The first-order valence-corrected chi connectivity index (χ1v) is 6.90. The molecule has 3 N–H and O–H groups in total. The fraction of sp³-hybridized carbons (Fsp3) is 0.235. The minimum absolute atomic E-state index is 0.162. The molecule has 0 spiro atoms. The Morgan fingerprint density at radius 2 is 1.81 bits per heavy atom. The first kappa shape index (κ1) is 15.1. The average Bonchev–Trinajstić information content (AvgIpc) is 2.53. The fourth-order valence-electron chi connectivity index (χ4n) is 2.12. The van der Waals surface area contributed by atoms with Gasteiger partial charge in [-0.3, -0.25) is 4.79 Å². The molecular weight excluding hydrogens is 264 g/mol. The van der Waals surface area contributed by atoms with Gasteiger partial charge in [0.1, 0.15) is 5.75 Å². The molecule has 0 heterocycles. The zero-order chi connectivity index (χ0) is 15.1. The van der Waals surface area contributed by atoms with Crippen LogP contribution in [0.3, 0.4) is 0 Å². The Bertz CT molecular complexity index is 584. The highest BCUT2D eigenvalue weighted by Gasteiger charge is 2.14. The minimum Gasteiger partial charge on any atom is -0.496 e. The summed E-state index contributed by atoms with van der Waals surface area (Å²) in [7, 11) is 1.61. The predicted molar refractivity (Wildman–Crippen MR) is 83.0 cm³/mol. The molecule has 0 saturated heterocycles. The smallest absolute Gasteiger partial charge is 0.237 e. The van der Waals surface area contributed by atoms with E-state index in [0.717, 1.165) is 16.9 Å². The maximum Gasteiger partial charge on any atom is 0.237 e. The molecule has 0 aromatic heterocycles. The van der Waals surface area contributed by atoms with Crippen LogP contribution in [0.4, 0.5) is 0 Å². The highest BCUT2D eigenvalue weighted by molar-refractivity contribution is 5.81. The average molecular weight is 284 g/mol. The quantitative estimate of drug-likeness (QED) is 0.851. The third kappa shape index (κ3) is 4.33. The number of benzene rings is 2. The molecule has 0 bridgehead atoms. The molecular formula is C17H20N2O2. The third-order valence-electron chi connectivity index (χ3n) is 3.28. The van der Waals surface area contributed by atoms with Crippen LogP contribution in [0.1, 0.15) is 11.1 Å². The summed E-state index contributed by atoms with van der Waals surface area (Å²) in [6, 6.07) is 16.8. The van der Waals surface area contributed by atoms with Crippen LogP contribution in [-0.2, 0) is 17.8 Å². The van der Waals surface area contributed by atoms with Gasteiger partial charge in [0.25, 0.3) is 0 Å². The van der Waals surface area contributed by atoms with Crippen LogP contribution in [0.5, 0.6) is 5.75 Å². The summed E-state index contributed by atoms with van der Waals surface area (Å²) in [6.45, 7) is 0.408. The molecule has 0 unspecified atom stereocenters. The number of nitrogens with two attached hydrogens (primary N) is 1. The standard InChI is InChI=1S/C17H20N2O2/c1-21-16-10-6-5-9-14(16)12-19-17(20)15(18)11-13-7-3-2-4-8-13/h2-10,15H,11-12,18H2,1H3,(H,19,20)/t15-/m0/s1. The van der Waals surface area contributed by atoms with E-state index in [1.165, 1.54) is 0 Å². The van der Waals surface area contributed by atoms with Gasteiger partial charge >= 0.3 is 0 Å². The topological polar surface area (TPSA) is 64.3 Å². The van der Waals surface area contributed by atoms with E-state index in [1.54, 1.807) is 7.11 Å². The van der Waals surface area contributed by atoms with Gasteiger partial charge in [-0.2, -0.15) is 0 Å². The van der Waals surface area contributed by atoms with Crippen molar-refractivity contribution in [2.45, 2.75) is 19.0 Å². The molecule has 4 heteroatoms. The molecule has 0 fully saturated rings. The Balaban J connectivity index is 1.89. The normalized spacial score (nSPS) is 11.7. The minimum atomic E-state index is -0.554. The van der Waals surface area contributed by atoms with Gasteiger partial charge in [0.2, 0.25) is 5.91 Å². The van der Waals surface area contributed by atoms with Crippen molar-refractivity contribution in [3.05, 3.63) is 65.7 Å². The lowest BCUT2D eigenvalue weighted by atomic mass is 10.1. The SMILES string of the molecule is COc1ccccc1CNC(=O)[C@@H](N)Cc1ccccc1. The number of methoxy groups -OCH3 is 1. The van der Waals surface area contributed by atoms with Crippen molar-refractivity contribution in [3.8, 4) is 5.75 Å². The monoisotopic (exact) mass is 284 g/mol. The van der Waals surface area contributed by atoms with Crippen molar-refractivity contribution in [3.63, 3.8) is 0 Å². The van der Waals surface area contributed by atoms with Gasteiger partial charge in [-0.15, -0.1) is 0 Å². The fourth-order valence-corrected chi connectivity index (χ4v) is 2.12. The highest BCUT2D eigenvalue weighted by Crippen LogP contribution is 2.16. The van der Waals surface area contributed by atoms with Crippen LogP contribution < -0.4 is 15.8 Å². The lowest BCUT2D eigenvalue weighted by Gasteiger charge is -2.13. The van der Waals surface area contributed by atoms with Gasteiger partial charge in [-0.05, 0) is 18.1 Å². The summed E-state index contributed by atoms with van der Waals surface area (Å²) in [5, 5.41) is 2.85. The van der Waals surface area contributed by atoms with E-state index >= 15 is 0 Å². The van der Waals surface area contributed by atoms with Gasteiger partial charge in [-0.25, -0.2) is 0 Å². The van der Waals surface area contributed by atoms with Crippen LogP contribution >= 0.6 is 0 Å². The van der Waals surface area contributed by atoms with E-state index in [9.17, 15) is 4.79 Å². The van der Waals surface area contributed by atoms with Crippen molar-refractivity contribution < 1.29 is 9.53 Å². The summed E-state index contributed by atoms with van der Waals surface area (Å²) >= 11 is 0. The van der Waals surface area contributed by atoms with Crippen LogP contribution in [0.15, 0.2) is 54.6 Å². The number of hydrogen-bond donors (Lipinski definition) is 2.